The highest BCUT2D eigenvalue weighted by Crippen LogP contribution is 2.31. The molecule has 1 aromatic rings. The third-order valence-corrected chi connectivity index (χ3v) is 6.10. The van der Waals surface area contributed by atoms with Gasteiger partial charge in [0.25, 0.3) is 0 Å². The van der Waals surface area contributed by atoms with Crippen molar-refractivity contribution in [3.05, 3.63) is 35.6 Å². The number of halogens is 1. The highest BCUT2D eigenvalue weighted by atomic mass is 32.1. The van der Waals surface area contributed by atoms with E-state index in [1.807, 2.05) is 18.3 Å². The van der Waals surface area contributed by atoms with Crippen LogP contribution in [0.25, 0.3) is 0 Å². The van der Waals surface area contributed by atoms with Crippen molar-refractivity contribution in [1.82, 2.24) is 14.8 Å². The first-order valence-corrected chi connectivity index (χ1v) is 10.7. The van der Waals surface area contributed by atoms with E-state index in [9.17, 15) is 4.39 Å². The summed E-state index contributed by atoms with van der Waals surface area (Å²) in [4.78, 5) is 4.77. The Labute approximate surface area is 173 Å². The molecule has 2 aliphatic heterocycles. The molecule has 5 nitrogen and oxygen atoms in total. The summed E-state index contributed by atoms with van der Waals surface area (Å²) in [7, 11) is 2.13. The van der Waals surface area contributed by atoms with Crippen LogP contribution in [0.4, 0.5) is 4.39 Å². The second kappa shape index (κ2) is 10.3. The Kier molecular flexibility index (Phi) is 7.76. The molecule has 2 atom stereocenters. The van der Waals surface area contributed by atoms with Gasteiger partial charge >= 0.3 is 0 Å². The fourth-order valence-electron chi connectivity index (χ4n) is 4.24. The number of rotatable bonds is 6. The molecule has 2 heterocycles. The van der Waals surface area contributed by atoms with E-state index in [0.717, 1.165) is 45.7 Å². The summed E-state index contributed by atoms with van der Waals surface area (Å²) in [5, 5.41) is 6.74. The zero-order chi connectivity index (χ0) is 19.9. The number of nitrogens with zero attached hydrogens (tertiary/aromatic N) is 4. The number of nitrogens with two attached hydrogens (primary N) is 1. The zero-order valence-corrected chi connectivity index (χ0v) is 17.6. The van der Waals surface area contributed by atoms with Crippen LogP contribution in [0, 0.1) is 11.7 Å². The molecule has 0 radical (unpaired) electrons. The predicted molar refractivity (Wildman–Crippen MR) is 117 cm³/mol. The molecule has 3 rings (SSSR count). The molecule has 0 bridgehead atoms. The van der Waals surface area contributed by atoms with Crippen molar-refractivity contribution in [3.63, 3.8) is 0 Å². The first-order chi connectivity index (χ1) is 13.5. The van der Waals surface area contributed by atoms with Crippen molar-refractivity contribution in [2.24, 2.45) is 16.8 Å². The average molecular weight is 406 g/mol. The maximum Gasteiger partial charge on any atom is 0.187 e. The van der Waals surface area contributed by atoms with Gasteiger partial charge in [-0.25, -0.2) is 9.40 Å². The number of hydrazone groups is 1. The van der Waals surface area contributed by atoms with Crippen LogP contribution >= 0.6 is 12.2 Å². The van der Waals surface area contributed by atoms with Crippen LogP contribution in [0.5, 0.6) is 0 Å². The van der Waals surface area contributed by atoms with Crippen LogP contribution in [0.2, 0.25) is 0 Å². The Morgan fingerprint density at radius 2 is 1.96 bits per heavy atom. The number of piperidine rings is 2. The molecule has 0 aliphatic carbocycles. The highest BCUT2D eigenvalue weighted by molar-refractivity contribution is 7.80. The number of thiocarbonyl (C=S) groups is 1. The zero-order valence-electron chi connectivity index (χ0n) is 16.8. The van der Waals surface area contributed by atoms with Crippen molar-refractivity contribution >= 4 is 23.5 Å². The lowest BCUT2D eigenvalue weighted by Gasteiger charge is -2.35. The minimum atomic E-state index is -0.195. The minimum Gasteiger partial charge on any atom is -0.375 e. The molecule has 7 heteroatoms. The molecule has 0 amide bonds. The average Bonchev–Trinajstić information content (AvgIpc) is 2.69. The third-order valence-electron chi connectivity index (χ3n) is 5.89. The summed E-state index contributed by atoms with van der Waals surface area (Å²) in [6, 6.07) is 6.88. The van der Waals surface area contributed by atoms with Crippen molar-refractivity contribution in [2.45, 2.75) is 31.6 Å². The molecule has 0 spiro atoms. The molecule has 1 unspecified atom stereocenters. The quantitative estimate of drug-likeness (QED) is 0.448. The fraction of sp³-hybridized carbons (Fsp3) is 0.619. The van der Waals surface area contributed by atoms with Gasteiger partial charge in [-0.3, -0.25) is 0 Å². The lowest BCUT2D eigenvalue weighted by atomic mass is 9.81. The molecule has 28 heavy (non-hydrogen) atoms. The molecule has 0 aromatic heterocycles. The van der Waals surface area contributed by atoms with E-state index >= 15 is 0 Å². The molecule has 1 aromatic carbocycles. The number of hydrogen-bond donors (Lipinski definition) is 1. The van der Waals surface area contributed by atoms with Crippen molar-refractivity contribution in [2.75, 3.05) is 46.3 Å². The third kappa shape index (κ3) is 5.96. The lowest BCUT2D eigenvalue weighted by molar-refractivity contribution is 0.209. The first-order valence-electron chi connectivity index (χ1n) is 10.3. The van der Waals surface area contributed by atoms with Crippen molar-refractivity contribution in [3.8, 4) is 0 Å². The lowest BCUT2D eigenvalue weighted by Crippen LogP contribution is -2.41. The predicted octanol–water partition coefficient (Wildman–Crippen LogP) is 2.88. The van der Waals surface area contributed by atoms with E-state index in [0.29, 0.717) is 11.0 Å². The van der Waals surface area contributed by atoms with Crippen molar-refractivity contribution < 1.29 is 4.39 Å². The Morgan fingerprint density at radius 1 is 1.25 bits per heavy atom. The molecular weight excluding hydrogens is 373 g/mol. The van der Waals surface area contributed by atoms with Crippen LogP contribution in [-0.4, -0.2) is 72.5 Å². The van der Waals surface area contributed by atoms with Gasteiger partial charge in [0.05, 0.1) is 6.54 Å². The smallest absolute Gasteiger partial charge is 0.187 e. The van der Waals surface area contributed by atoms with Crippen LogP contribution in [0.15, 0.2) is 29.4 Å². The van der Waals surface area contributed by atoms with Crippen molar-refractivity contribution in [1.29, 1.82) is 0 Å². The van der Waals surface area contributed by atoms with E-state index < -0.39 is 0 Å². The largest absolute Gasteiger partial charge is 0.375 e. The van der Waals surface area contributed by atoms with Gasteiger partial charge in [-0.05, 0) is 81.8 Å². The van der Waals surface area contributed by atoms with E-state index in [4.69, 9.17) is 18.0 Å². The van der Waals surface area contributed by atoms with Gasteiger partial charge < -0.3 is 15.5 Å². The molecular formula is C21H32FN5S. The van der Waals surface area contributed by atoms with E-state index in [1.165, 1.54) is 24.8 Å². The molecule has 2 fully saturated rings. The van der Waals surface area contributed by atoms with E-state index in [-0.39, 0.29) is 11.7 Å². The second-order valence-electron chi connectivity index (χ2n) is 8.00. The molecule has 0 saturated carbocycles. The Bertz CT molecular complexity index is 659. The summed E-state index contributed by atoms with van der Waals surface area (Å²) in [6.07, 6.45) is 6.89. The molecule has 154 valence electrons. The summed E-state index contributed by atoms with van der Waals surface area (Å²) in [6.45, 7) is 5.89. The van der Waals surface area contributed by atoms with Gasteiger partial charge in [-0.15, -0.1) is 0 Å². The number of hydrogen-bond acceptors (Lipinski definition) is 4. The molecule has 2 aliphatic rings. The van der Waals surface area contributed by atoms with Crippen LogP contribution in [0.3, 0.4) is 0 Å². The van der Waals surface area contributed by atoms with Gasteiger partial charge in [0.1, 0.15) is 5.82 Å². The molecule has 2 saturated heterocycles. The fourth-order valence-corrected chi connectivity index (χ4v) is 4.38. The van der Waals surface area contributed by atoms with Gasteiger partial charge in [0.2, 0.25) is 0 Å². The summed E-state index contributed by atoms with van der Waals surface area (Å²) in [5.74, 6) is 0.381. The van der Waals surface area contributed by atoms with E-state index in [2.05, 4.69) is 21.9 Å². The highest BCUT2D eigenvalue weighted by Gasteiger charge is 2.28. The normalized spacial score (nSPS) is 24.5. The van der Waals surface area contributed by atoms with Gasteiger partial charge in [0.15, 0.2) is 5.11 Å². The van der Waals surface area contributed by atoms with Gasteiger partial charge in [0, 0.05) is 25.2 Å². The topological polar surface area (TPSA) is 48.1 Å². The van der Waals surface area contributed by atoms with Crippen LogP contribution < -0.4 is 5.73 Å². The standard InChI is InChI=1S/C21H32FN5S/c1-25-12-9-20(17-5-7-19(22)8-6-17)18(16-25)15-24-27(21(23)28)14-13-26-10-3-2-4-11-26/h5-8,15,18,20H,2-4,9-14,16H2,1H3,(H2,23,28)/t18-,20?/m1/s1. The summed E-state index contributed by atoms with van der Waals surface area (Å²) >= 11 is 5.23. The summed E-state index contributed by atoms with van der Waals surface area (Å²) < 4.78 is 13.3. The second-order valence-corrected chi connectivity index (χ2v) is 8.42. The Balaban J connectivity index is 1.65. The van der Waals surface area contributed by atoms with Crippen LogP contribution in [0.1, 0.15) is 37.2 Å². The first kappa shape index (κ1) is 21.1. The van der Waals surface area contributed by atoms with Gasteiger partial charge in [-0.2, -0.15) is 5.10 Å². The maximum absolute atomic E-state index is 13.3. The maximum atomic E-state index is 13.3. The Hall–Kier alpha value is -1.57. The summed E-state index contributed by atoms with van der Waals surface area (Å²) in [5.41, 5.74) is 7.10. The SMILES string of the molecule is CN1CCC(c2ccc(F)cc2)[C@H](C=NN(CCN2CCCCC2)C(N)=S)C1. The van der Waals surface area contributed by atoms with Gasteiger partial charge in [-0.1, -0.05) is 18.6 Å². The monoisotopic (exact) mass is 405 g/mol. The molecule has 2 N–H and O–H groups in total. The van der Waals surface area contributed by atoms with Crippen LogP contribution in [-0.2, 0) is 0 Å². The number of likely N-dealkylation sites (tertiary alicyclic amines) is 2. The van der Waals surface area contributed by atoms with E-state index in [1.54, 1.807) is 17.1 Å². The Morgan fingerprint density at radius 3 is 2.64 bits per heavy atom. The number of benzene rings is 1. The minimum absolute atomic E-state index is 0.195.